The molecule has 0 bridgehead atoms. The maximum atomic E-state index is 12.4. The zero-order valence-electron chi connectivity index (χ0n) is 12.0. The molecular formula is C15H18N4O2. The van der Waals surface area contributed by atoms with E-state index in [0.29, 0.717) is 25.9 Å². The minimum Gasteiger partial charge on any atom is -0.344 e. The van der Waals surface area contributed by atoms with Gasteiger partial charge in [-0.05, 0) is 18.6 Å². The van der Waals surface area contributed by atoms with Crippen LogP contribution in [0.1, 0.15) is 25.5 Å². The molecule has 0 aliphatic carbocycles. The standard InChI is InChI=1S/C15H18N4O2/c1-2-12-15(21)19(8-6-14(20)17-12)10-11-9-18-7-4-3-5-13(18)16-11/h3-5,7,9,12H,2,6,8,10H2,1H3,(H,17,20). The van der Waals surface area contributed by atoms with E-state index in [1.54, 1.807) is 4.90 Å². The van der Waals surface area contributed by atoms with Gasteiger partial charge < -0.3 is 14.6 Å². The van der Waals surface area contributed by atoms with Gasteiger partial charge in [-0.3, -0.25) is 9.59 Å². The number of carbonyl (C=O) groups is 2. The number of fused-ring (bicyclic) bond motifs is 1. The van der Waals surface area contributed by atoms with Crippen LogP contribution in [-0.4, -0.2) is 38.7 Å². The Labute approximate surface area is 122 Å². The van der Waals surface area contributed by atoms with Crippen LogP contribution in [0.15, 0.2) is 30.6 Å². The molecule has 1 aliphatic heterocycles. The first-order valence-electron chi connectivity index (χ1n) is 7.18. The monoisotopic (exact) mass is 286 g/mol. The van der Waals surface area contributed by atoms with Gasteiger partial charge in [0.25, 0.3) is 0 Å². The van der Waals surface area contributed by atoms with Gasteiger partial charge in [0.05, 0.1) is 12.2 Å². The van der Waals surface area contributed by atoms with Crippen molar-refractivity contribution in [1.29, 1.82) is 0 Å². The molecule has 1 unspecified atom stereocenters. The molecular weight excluding hydrogens is 268 g/mol. The van der Waals surface area contributed by atoms with Crippen molar-refractivity contribution < 1.29 is 9.59 Å². The van der Waals surface area contributed by atoms with Gasteiger partial charge in [0.1, 0.15) is 11.7 Å². The van der Waals surface area contributed by atoms with Gasteiger partial charge in [-0.1, -0.05) is 13.0 Å². The van der Waals surface area contributed by atoms with Crippen LogP contribution in [0.3, 0.4) is 0 Å². The van der Waals surface area contributed by atoms with Crippen LogP contribution >= 0.6 is 0 Å². The van der Waals surface area contributed by atoms with Crippen molar-refractivity contribution in [3.8, 4) is 0 Å². The van der Waals surface area contributed by atoms with E-state index in [4.69, 9.17) is 0 Å². The lowest BCUT2D eigenvalue weighted by Crippen LogP contribution is -2.43. The average Bonchev–Trinajstić information content (AvgIpc) is 2.84. The van der Waals surface area contributed by atoms with Crippen LogP contribution in [0.2, 0.25) is 0 Å². The lowest BCUT2D eigenvalue weighted by atomic mass is 10.2. The van der Waals surface area contributed by atoms with Crippen LogP contribution in [0, 0.1) is 0 Å². The number of aromatic nitrogens is 2. The third kappa shape index (κ3) is 2.74. The predicted molar refractivity (Wildman–Crippen MR) is 77.4 cm³/mol. The topological polar surface area (TPSA) is 66.7 Å². The summed E-state index contributed by atoms with van der Waals surface area (Å²) >= 11 is 0. The van der Waals surface area contributed by atoms with Crippen molar-refractivity contribution in [2.45, 2.75) is 32.4 Å². The van der Waals surface area contributed by atoms with E-state index in [-0.39, 0.29) is 11.8 Å². The van der Waals surface area contributed by atoms with Gasteiger partial charge in [0.15, 0.2) is 0 Å². The highest BCUT2D eigenvalue weighted by Crippen LogP contribution is 2.12. The first kappa shape index (κ1) is 13.6. The number of nitrogens with one attached hydrogen (secondary N) is 1. The molecule has 3 heterocycles. The summed E-state index contributed by atoms with van der Waals surface area (Å²) in [5, 5.41) is 2.76. The quantitative estimate of drug-likeness (QED) is 0.914. The molecule has 0 aromatic carbocycles. The molecule has 6 nitrogen and oxygen atoms in total. The minimum absolute atomic E-state index is 0.0274. The predicted octanol–water partition coefficient (Wildman–Crippen LogP) is 0.961. The molecule has 2 aromatic rings. The molecule has 6 heteroatoms. The number of pyridine rings is 1. The van der Waals surface area contributed by atoms with Gasteiger partial charge in [-0.25, -0.2) is 4.98 Å². The maximum Gasteiger partial charge on any atom is 0.245 e. The zero-order chi connectivity index (χ0) is 14.8. The number of carbonyl (C=O) groups excluding carboxylic acids is 2. The highest BCUT2D eigenvalue weighted by molar-refractivity contribution is 5.89. The fourth-order valence-electron chi connectivity index (χ4n) is 2.59. The van der Waals surface area contributed by atoms with Crippen molar-refractivity contribution in [2.24, 2.45) is 0 Å². The Morgan fingerprint density at radius 1 is 1.38 bits per heavy atom. The molecule has 0 radical (unpaired) electrons. The molecule has 1 fully saturated rings. The van der Waals surface area contributed by atoms with E-state index in [0.717, 1.165) is 11.3 Å². The highest BCUT2D eigenvalue weighted by Gasteiger charge is 2.28. The maximum absolute atomic E-state index is 12.4. The Kier molecular flexibility index (Phi) is 3.60. The average molecular weight is 286 g/mol. The summed E-state index contributed by atoms with van der Waals surface area (Å²) in [4.78, 5) is 30.3. The van der Waals surface area contributed by atoms with Gasteiger partial charge in [0, 0.05) is 25.4 Å². The summed E-state index contributed by atoms with van der Waals surface area (Å²) in [6.45, 7) is 2.78. The second-order valence-electron chi connectivity index (χ2n) is 5.24. The van der Waals surface area contributed by atoms with Crippen molar-refractivity contribution >= 4 is 17.5 Å². The molecule has 110 valence electrons. The summed E-state index contributed by atoms with van der Waals surface area (Å²) < 4.78 is 1.93. The van der Waals surface area contributed by atoms with Crippen molar-refractivity contribution in [3.05, 3.63) is 36.3 Å². The fraction of sp³-hybridized carbons (Fsp3) is 0.400. The summed E-state index contributed by atoms with van der Waals surface area (Å²) in [6.07, 6.45) is 4.79. The van der Waals surface area contributed by atoms with Gasteiger partial charge in [0.2, 0.25) is 11.8 Å². The summed E-state index contributed by atoms with van der Waals surface area (Å²) in [7, 11) is 0. The number of nitrogens with zero attached hydrogens (tertiary/aromatic N) is 3. The Bertz CT molecular complexity index is 646. The fourth-order valence-corrected chi connectivity index (χ4v) is 2.59. The van der Waals surface area contributed by atoms with Gasteiger partial charge in [-0.15, -0.1) is 0 Å². The number of rotatable bonds is 3. The Balaban J connectivity index is 1.81. The van der Waals surface area contributed by atoms with Crippen molar-refractivity contribution in [2.75, 3.05) is 6.54 Å². The third-order valence-electron chi connectivity index (χ3n) is 3.73. The number of hydrogen-bond acceptors (Lipinski definition) is 3. The molecule has 3 rings (SSSR count). The molecule has 1 N–H and O–H groups in total. The van der Waals surface area contributed by atoms with Crippen LogP contribution in [0.25, 0.3) is 5.65 Å². The van der Waals surface area contributed by atoms with Crippen molar-refractivity contribution in [3.63, 3.8) is 0 Å². The van der Waals surface area contributed by atoms with Gasteiger partial charge >= 0.3 is 0 Å². The number of hydrogen-bond donors (Lipinski definition) is 1. The van der Waals surface area contributed by atoms with E-state index in [9.17, 15) is 9.59 Å². The van der Waals surface area contributed by atoms with Crippen LogP contribution < -0.4 is 5.32 Å². The molecule has 1 aliphatic rings. The number of amides is 2. The van der Waals surface area contributed by atoms with E-state index in [2.05, 4.69) is 10.3 Å². The molecule has 21 heavy (non-hydrogen) atoms. The van der Waals surface area contributed by atoms with E-state index in [1.165, 1.54) is 0 Å². The largest absolute Gasteiger partial charge is 0.344 e. The van der Waals surface area contributed by atoms with E-state index >= 15 is 0 Å². The SMILES string of the molecule is CCC1NC(=O)CCN(Cc2cn3ccccc3n2)C1=O. The van der Waals surface area contributed by atoms with Crippen LogP contribution in [0.4, 0.5) is 0 Å². The smallest absolute Gasteiger partial charge is 0.245 e. The van der Waals surface area contributed by atoms with E-state index < -0.39 is 6.04 Å². The Morgan fingerprint density at radius 3 is 3.00 bits per heavy atom. The summed E-state index contributed by atoms with van der Waals surface area (Å²) in [5.41, 5.74) is 1.69. The lowest BCUT2D eigenvalue weighted by molar-refractivity contribution is -0.134. The summed E-state index contributed by atoms with van der Waals surface area (Å²) in [5.74, 6) is -0.0897. The molecule has 0 saturated carbocycles. The first-order valence-corrected chi connectivity index (χ1v) is 7.18. The lowest BCUT2D eigenvalue weighted by Gasteiger charge is -2.22. The van der Waals surface area contributed by atoms with E-state index in [1.807, 2.05) is 41.9 Å². The molecule has 0 spiro atoms. The summed E-state index contributed by atoms with van der Waals surface area (Å²) in [6, 6.07) is 5.37. The molecule has 1 atom stereocenters. The third-order valence-corrected chi connectivity index (χ3v) is 3.73. The number of imidazole rings is 1. The Hall–Kier alpha value is -2.37. The highest BCUT2D eigenvalue weighted by atomic mass is 16.2. The molecule has 2 amide bonds. The van der Waals surface area contributed by atoms with Gasteiger partial charge in [-0.2, -0.15) is 0 Å². The first-order chi connectivity index (χ1) is 10.2. The van der Waals surface area contributed by atoms with Crippen LogP contribution in [-0.2, 0) is 16.1 Å². The second kappa shape index (κ2) is 5.55. The zero-order valence-corrected chi connectivity index (χ0v) is 12.0. The van der Waals surface area contributed by atoms with Crippen molar-refractivity contribution in [1.82, 2.24) is 19.6 Å². The normalized spacial score (nSPS) is 19.7. The second-order valence-corrected chi connectivity index (χ2v) is 5.24. The Morgan fingerprint density at radius 2 is 2.24 bits per heavy atom. The molecule has 1 saturated heterocycles. The molecule has 2 aromatic heterocycles. The van der Waals surface area contributed by atoms with Crippen LogP contribution in [0.5, 0.6) is 0 Å². The minimum atomic E-state index is -0.419.